The van der Waals surface area contributed by atoms with E-state index in [1.165, 1.54) is 37.9 Å². The molecule has 1 rings (SSSR count). The van der Waals surface area contributed by atoms with Gasteiger partial charge in [0, 0.05) is 33.4 Å². The van der Waals surface area contributed by atoms with Gasteiger partial charge >= 0.3 is 11.9 Å². The normalized spacial score (nSPS) is 13.4. The molecule has 0 aliphatic rings. The van der Waals surface area contributed by atoms with Gasteiger partial charge in [-0.2, -0.15) is 0 Å². The molecule has 2 amide bonds. The van der Waals surface area contributed by atoms with Crippen LogP contribution in [-0.2, 0) is 30.4 Å². The molecule has 0 aliphatic carbocycles. The molecule has 48 heavy (non-hydrogen) atoms. The van der Waals surface area contributed by atoms with Crippen molar-refractivity contribution in [1.82, 2.24) is 10.2 Å². The van der Waals surface area contributed by atoms with Crippen molar-refractivity contribution in [3.8, 4) is 17.6 Å². The fraction of sp³-hybridized carbons (Fsp3) is 0.595. The Morgan fingerprint density at radius 3 is 2.08 bits per heavy atom. The van der Waals surface area contributed by atoms with Crippen LogP contribution in [0.15, 0.2) is 36.4 Å². The minimum absolute atomic E-state index is 0.0417. The zero-order chi connectivity index (χ0) is 36.0. The lowest BCUT2D eigenvalue weighted by Crippen LogP contribution is -2.56. The van der Waals surface area contributed by atoms with Crippen LogP contribution in [0.2, 0.25) is 0 Å². The first-order valence-corrected chi connectivity index (χ1v) is 16.8. The van der Waals surface area contributed by atoms with Crippen LogP contribution < -0.4 is 10.1 Å². The van der Waals surface area contributed by atoms with Crippen LogP contribution in [0.3, 0.4) is 0 Å². The summed E-state index contributed by atoms with van der Waals surface area (Å²) in [7, 11) is 3.01. The number of carboxylic acids is 2. The van der Waals surface area contributed by atoms with Gasteiger partial charge < -0.3 is 30.3 Å². The van der Waals surface area contributed by atoms with E-state index in [1.807, 2.05) is 0 Å². The Morgan fingerprint density at radius 2 is 1.54 bits per heavy atom. The largest absolute Gasteiger partial charge is 0.481 e. The predicted octanol–water partition coefficient (Wildman–Crippen LogP) is 4.94. The number of allylic oxidation sites excluding steroid dienone is 1. The number of carbonyl (C=O) groups is 5. The summed E-state index contributed by atoms with van der Waals surface area (Å²) in [5.41, 5.74) is -2.29. The quantitative estimate of drug-likeness (QED) is 0.0639. The summed E-state index contributed by atoms with van der Waals surface area (Å²) in [6.07, 6.45) is 11.8. The first kappa shape index (κ1) is 41.9. The van der Waals surface area contributed by atoms with Crippen LogP contribution in [0.4, 0.5) is 0 Å². The molecule has 0 aromatic heterocycles. The summed E-state index contributed by atoms with van der Waals surface area (Å²) < 4.78 is 5.51. The smallest absolute Gasteiger partial charge is 0.337 e. The van der Waals surface area contributed by atoms with Crippen molar-refractivity contribution in [2.75, 3.05) is 20.7 Å². The molecule has 1 aromatic carbocycles. The zero-order valence-corrected chi connectivity index (χ0v) is 29.0. The Bertz CT molecular complexity index is 1260. The summed E-state index contributed by atoms with van der Waals surface area (Å²) in [6, 6.07) is 5.69. The number of amides is 2. The molecule has 0 heterocycles. The van der Waals surface area contributed by atoms with Gasteiger partial charge in [0.15, 0.2) is 5.60 Å². The van der Waals surface area contributed by atoms with Crippen LogP contribution in [0.5, 0.6) is 5.75 Å². The Kier molecular flexibility index (Phi) is 20.2. The number of benzene rings is 1. The molecule has 0 bridgehead atoms. The van der Waals surface area contributed by atoms with Crippen molar-refractivity contribution >= 4 is 29.5 Å². The summed E-state index contributed by atoms with van der Waals surface area (Å²) in [5, 5.41) is 32.9. The van der Waals surface area contributed by atoms with Gasteiger partial charge in [-0.05, 0) is 50.3 Å². The number of ether oxygens (including phenoxy) is 1. The second kappa shape index (κ2) is 23.2. The standard InChI is InChI=1S/C37H54N2O9/c1-5-7-9-12-15-18-29(40)19-16-13-10-11-14-17-20-31(37(47,36(45)46)27-33(41)42)34(43)38-32(35(44)39(3)4)26-28-21-23-30(24-22-28)48-25-8-6-2/h17,20-24,31-32,47H,5,7,9-16,18-19,25-27H2,1-4H3,(H,38,43)(H,41,42)(H,45,46)/t31-,32+,37+/m1/s1. The highest BCUT2D eigenvalue weighted by atomic mass is 16.5. The molecule has 0 fully saturated rings. The van der Waals surface area contributed by atoms with E-state index in [-0.39, 0.29) is 18.8 Å². The predicted molar refractivity (Wildman–Crippen MR) is 183 cm³/mol. The Balaban J connectivity index is 2.95. The average molecular weight is 671 g/mol. The van der Waals surface area contributed by atoms with Gasteiger partial charge in [0.05, 0.1) is 12.3 Å². The Morgan fingerprint density at radius 1 is 0.938 bits per heavy atom. The lowest BCUT2D eigenvalue weighted by molar-refractivity contribution is -0.172. The van der Waals surface area contributed by atoms with Crippen LogP contribution in [0, 0.1) is 17.8 Å². The van der Waals surface area contributed by atoms with Crippen LogP contribution in [0.1, 0.15) is 103 Å². The number of nitrogens with zero attached hydrogens (tertiary/aromatic N) is 1. The summed E-state index contributed by atoms with van der Waals surface area (Å²) in [6.45, 7) is 4.07. The second-order valence-corrected chi connectivity index (χ2v) is 12.2. The van der Waals surface area contributed by atoms with E-state index in [1.54, 1.807) is 37.3 Å². The first-order chi connectivity index (χ1) is 22.8. The number of carboxylic acid groups (broad SMARTS) is 2. The maximum absolute atomic E-state index is 13.6. The number of likely N-dealkylation sites (N-methyl/N-ethyl adjacent to an activating group) is 1. The number of aliphatic carboxylic acids is 2. The Hall–Kier alpha value is -4.17. The molecule has 0 saturated heterocycles. The molecular weight excluding hydrogens is 616 g/mol. The highest BCUT2D eigenvalue weighted by Crippen LogP contribution is 2.26. The van der Waals surface area contributed by atoms with E-state index in [9.17, 15) is 39.3 Å². The van der Waals surface area contributed by atoms with Crippen molar-refractivity contribution < 1.29 is 44.0 Å². The molecule has 0 radical (unpaired) electrons. The summed E-state index contributed by atoms with van der Waals surface area (Å²) in [5.74, 6) is -0.376. The number of Topliss-reactive ketones (excluding diaryl/α,β-unsaturated/α-hetero) is 1. The van der Waals surface area contributed by atoms with Crippen molar-refractivity contribution in [2.24, 2.45) is 5.92 Å². The van der Waals surface area contributed by atoms with E-state index in [0.29, 0.717) is 37.0 Å². The molecule has 1 aromatic rings. The molecule has 4 N–H and O–H groups in total. The van der Waals surface area contributed by atoms with Gasteiger partial charge in [-0.1, -0.05) is 75.7 Å². The number of unbranched alkanes of at least 4 members (excludes halogenated alkanes) is 8. The topological polar surface area (TPSA) is 171 Å². The number of rotatable bonds is 25. The fourth-order valence-corrected chi connectivity index (χ4v) is 5.16. The monoisotopic (exact) mass is 670 g/mol. The van der Waals surface area contributed by atoms with Crippen LogP contribution in [0.25, 0.3) is 0 Å². The van der Waals surface area contributed by atoms with Crippen molar-refractivity contribution in [3.63, 3.8) is 0 Å². The number of ketones is 1. The maximum atomic E-state index is 13.6. The van der Waals surface area contributed by atoms with E-state index < -0.39 is 47.7 Å². The van der Waals surface area contributed by atoms with Gasteiger partial charge in [0.2, 0.25) is 11.8 Å². The molecule has 0 aliphatic heterocycles. The number of aliphatic hydroxyl groups is 1. The van der Waals surface area contributed by atoms with Gasteiger partial charge in [-0.15, -0.1) is 5.92 Å². The van der Waals surface area contributed by atoms with E-state index in [4.69, 9.17) is 4.74 Å². The minimum atomic E-state index is -2.96. The van der Waals surface area contributed by atoms with Crippen LogP contribution in [-0.4, -0.2) is 82.1 Å². The second-order valence-electron chi connectivity index (χ2n) is 12.2. The zero-order valence-electron chi connectivity index (χ0n) is 29.0. The molecule has 0 saturated carbocycles. The van der Waals surface area contributed by atoms with Crippen molar-refractivity contribution in [1.29, 1.82) is 0 Å². The lowest BCUT2D eigenvalue weighted by atomic mass is 9.82. The van der Waals surface area contributed by atoms with Gasteiger partial charge in [0.25, 0.3) is 0 Å². The molecule has 0 unspecified atom stereocenters. The molecule has 11 heteroatoms. The van der Waals surface area contributed by atoms with Gasteiger partial charge in [-0.3, -0.25) is 19.2 Å². The minimum Gasteiger partial charge on any atom is -0.481 e. The van der Waals surface area contributed by atoms with Crippen molar-refractivity contribution in [3.05, 3.63) is 42.0 Å². The highest BCUT2D eigenvalue weighted by molar-refractivity contribution is 5.95. The first-order valence-electron chi connectivity index (χ1n) is 16.8. The van der Waals surface area contributed by atoms with E-state index in [0.717, 1.165) is 38.5 Å². The Labute approximate surface area is 285 Å². The lowest BCUT2D eigenvalue weighted by Gasteiger charge is -2.30. The van der Waals surface area contributed by atoms with Gasteiger partial charge in [-0.25, -0.2) is 4.79 Å². The molecule has 0 spiro atoms. The number of carbonyl (C=O) groups excluding carboxylic acids is 3. The van der Waals surface area contributed by atoms with Gasteiger partial charge in [0.1, 0.15) is 24.2 Å². The molecule has 266 valence electrons. The molecular formula is C37H54N2O9. The summed E-state index contributed by atoms with van der Waals surface area (Å²) in [4.78, 5) is 63.8. The van der Waals surface area contributed by atoms with E-state index in [2.05, 4.69) is 24.1 Å². The van der Waals surface area contributed by atoms with Crippen LogP contribution >= 0.6 is 0 Å². The summed E-state index contributed by atoms with van der Waals surface area (Å²) >= 11 is 0. The third-order valence-electron chi connectivity index (χ3n) is 7.96. The molecule has 11 nitrogen and oxygen atoms in total. The number of hydrogen-bond donors (Lipinski definition) is 4. The third kappa shape index (κ3) is 16.1. The number of nitrogens with one attached hydrogen (secondary N) is 1. The SMILES string of the molecule is CC#CCOc1ccc(C[C@H](NC(=O)[C@@H](C=CCCCCCCC(=O)CCCCCCC)[C@@](O)(CC(=O)O)C(=O)O)C(=O)N(C)C)cc1. The van der Waals surface area contributed by atoms with Crippen molar-refractivity contribution in [2.45, 2.75) is 115 Å². The highest BCUT2D eigenvalue weighted by Gasteiger charge is 2.49. The van der Waals surface area contributed by atoms with E-state index >= 15 is 0 Å². The fourth-order valence-electron chi connectivity index (χ4n) is 5.16. The molecule has 3 atom stereocenters. The third-order valence-corrected chi connectivity index (χ3v) is 7.96. The average Bonchev–Trinajstić information content (AvgIpc) is 3.03. The maximum Gasteiger partial charge on any atom is 0.337 e. The number of hydrogen-bond acceptors (Lipinski definition) is 7.